The van der Waals surface area contributed by atoms with E-state index in [2.05, 4.69) is 33.9 Å². The smallest absolute Gasteiger partial charge is 0.137 e. The number of allylic oxidation sites excluding steroid dienone is 1. The molecule has 0 spiro atoms. The van der Waals surface area contributed by atoms with E-state index in [1.165, 1.54) is 5.57 Å². The SMILES string of the molecule is CCC(=Cc1cn2ccccc2n1)CBr. The van der Waals surface area contributed by atoms with Gasteiger partial charge in [0.05, 0.1) is 5.69 Å². The van der Waals surface area contributed by atoms with E-state index in [9.17, 15) is 0 Å². The molecule has 2 aromatic rings. The zero-order valence-corrected chi connectivity index (χ0v) is 10.2. The van der Waals surface area contributed by atoms with Gasteiger partial charge in [-0.25, -0.2) is 4.98 Å². The lowest BCUT2D eigenvalue weighted by Crippen LogP contribution is -1.81. The summed E-state index contributed by atoms with van der Waals surface area (Å²) in [6.07, 6.45) is 7.26. The van der Waals surface area contributed by atoms with Crippen molar-refractivity contribution in [2.45, 2.75) is 13.3 Å². The Hall–Kier alpha value is -1.09. The van der Waals surface area contributed by atoms with Gasteiger partial charge in [0.15, 0.2) is 0 Å². The normalized spacial score (nSPS) is 12.3. The van der Waals surface area contributed by atoms with Gasteiger partial charge in [-0.05, 0) is 24.6 Å². The summed E-state index contributed by atoms with van der Waals surface area (Å²) in [5, 5.41) is 0.914. The van der Waals surface area contributed by atoms with E-state index >= 15 is 0 Å². The van der Waals surface area contributed by atoms with E-state index in [4.69, 9.17) is 0 Å². The highest BCUT2D eigenvalue weighted by molar-refractivity contribution is 9.09. The average molecular weight is 265 g/mol. The first-order valence-corrected chi connectivity index (χ1v) is 6.14. The van der Waals surface area contributed by atoms with Crippen molar-refractivity contribution in [2.75, 3.05) is 5.33 Å². The summed E-state index contributed by atoms with van der Waals surface area (Å²) >= 11 is 3.47. The first kappa shape index (κ1) is 10.4. The molecule has 0 saturated heterocycles. The molecule has 0 saturated carbocycles. The van der Waals surface area contributed by atoms with E-state index < -0.39 is 0 Å². The number of imidazole rings is 1. The lowest BCUT2D eigenvalue weighted by atomic mass is 10.2. The zero-order chi connectivity index (χ0) is 10.7. The highest BCUT2D eigenvalue weighted by Crippen LogP contribution is 2.12. The fraction of sp³-hybridized carbons (Fsp3) is 0.250. The summed E-state index contributed by atoms with van der Waals surface area (Å²) in [7, 11) is 0. The average Bonchev–Trinajstić information content (AvgIpc) is 2.68. The number of hydrogen-bond acceptors (Lipinski definition) is 1. The summed E-state index contributed by atoms with van der Waals surface area (Å²) in [6.45, 7) is 2.16. The molecule has 3 heteroatoms. The second kappa shape index (κ2) is 4.62. The second-order valence-electron chi connectivity index (χ2n) is 3.42. The predicted octanol–water partition coefficient (Wildman–Crippen LogP) is 3.52. The van der Waals surface area contributed by atoms with E-state index in [-0.39, 0.29) is 0 Å². The van der Waals surface area contributed by atoms with E-state index in [1.54, 1.807) is 0 Å². The standard InChI is InChI=1S/C12H13BrN2/c1-2-10(8-13)7-11-9-15-6-4-3-5-12(15)14-11/h3-7,9H,2,8H2,1H3. The quantitative estimate of drug-likeness (QED) is 0.776. The molecule has 2 rings (SSSR count). The topological polar surface area (TPSA) is 17.3 Å². The Labute approximate surface area is 97.8 Å². The van der Waals surface area contributed by atoms with Crippen LogP contribution in [0.15, 0.2) is 36.2 Å². The van der Waals surface area contributed by atoms with Gasteiger partial charge in [-0.15, -0.1) is 0 Å². The molecule has 78 valence electrons. The Balaban J connectivity index is 2.40. The van der Waals surface area contributed by atoms with Crippen LogP contribution in [0.5, 0.6) is 0 Å². The number of alkyl halides is 1. The van der Waals surface area contributed by atoms with Crippen molar-refractivity contribution < 1.29 is 0 Å². The van der Waals surface area contributed by atoms with Crippen molar-refractivity contribution in [1.29, 1.82) is 0 Å². The highest BCUT2D eigenvalue weighted by atomic mass is 79.9. The summed E-state index contributed by atoms with van der Waals surface area (Å²) < 4.78 is 2.04. The molecular weight excluding hydrogens is 252 g/mol. The number of pyridine rings is 1. The molecule has 0 radical (unpaired) electrons. The Morgan fingerprint density at radius 2 is 2.40 bits per heavy atom. The molecule has 0 bridgehead atoms. The van der Waals surface area contributed by atoms with Crippen molar-refractivity contribution in [3.05, 3.63) is 41.9 Å². The van der Waals surface area contributed by atoms with Crippen molar-refractivity contribution in [2.24, 2.45) is 0 Å². The molecule has 0 aromatic carbocycles. The van der Waals surface area contributed by atoms with E-state index in [1.807, 2.05) is 35.0 Å². The lowest BCUT2D eigenvalue weighted by molar-refractivity contribution is 1.12. The second-order valence-corrected chi connectivity index (χ2v) is 3.98. The number of aromatic nitrogens is 2. The minimum atomic E-state index is 0.914. The van der Waals surface area contributed by atoms with Crippen LogP contribution < -0.4 is 0 Å². The molecule has 15 heavy (non-hydrogen) atoms. The number of rotatable bonds is 3. The molecule has 0 aliphatic heterocycles. The molecule has 0 atom stereocenters. The first-order chi connectivity index (χ1) is 7.33. The maximum Gasteiger partial charge on any atom is 0.137 e. The minimum Gasteiger partial charge on any atom is -0.306 e. The largest absolute Gasteiger partial charge is 0.306 e. The third-order valence-corrected chi connectivity index (χ3v) is 3.08. The summed E-state index contributed by atoms with van der Waals surface area (Å²) in [5.41, 5.74) is 3.38. The Morgan fingerprint density at radius 3 is 3.07 bits per heavy atom. The Morgan fingerprint density at radius 1 is 1.53 bits per heavy atom. The minimum absolute atomic E-state index is 0.914. The van der Waals surface area contributed by atoms with Gasteiger partial charge in [-0.2, -0.15) is 0 Å². The maximum atomic E-state index is 4.51. The Kier molecular flexibility index (Phi) is 3.21. The number of fused-ring (bicyclic) bond motifs is 1. The van der Waals surface area contributed by atoms with Gasteiger partial charge in [0.2, 0.25) is 0 Å². The summed E-state index contributed by atoms with van der Waals surface area (Å²) in [5.74, 6) is 0. The molecule has 2 nitrogen and oxygen atoms in total. The van der Waals surface area contributed by atoms with Crippen molar-refractivity contribution >= 4 is 27.7 Å². The van der Waals surface area contributed by atoms with Gasteiger partial charge in [0.1, 0.15) is 5.65 Å². The highest BCUT2D eigenvalue weighted by Gasteiger charge is 1.99. The molecule has 2 heterocycles. The van der Waals surface area contributed by atoms with Gasteiger partial charge in [-0.3, -0.25) is 0 Å². The maximum absolute atomic E-state index is 4.51. The molecule has 0 unspecified atom stereocenters. The van der Waals surface area contributed by atoms with Gasteiger partial charge in [-0.1, -0.05) is 34.5 Å². The predicted molar refractivity (Wildman–Crippen MR) is 67.3 cm³/mol. The van der Waals surface area contributed by atoms with Crippen LogP contribution in [0.3, 0.4) is 0 Å². The summed E-state index contributed by atoms with van der Waals surface area (Å²) in [4.78, 5) is 4.51. The van der Waals surface area contributed by atoms with Gasteiger partial charge < -0.3 is 4.40 Å². The molecule has 0 amide bonds. The van der Waals surface area contributed by atoms with Crippen molar-refractivity contribution in [3.63, 3.8) is 0 Å². The van der Waals surface area contributed by atoms with Crippen LogP contribution >= 0.6 is 15.9 Å². The van der Waals surface area contributed by atoms with E-state index in [0.29, 0.717) is 0 Å². The zero-order valence-electron chi connectivity index (χ0n) is 8.65. The molecular formula is C12H13BrN2. The molecule has 0 fully saturated rings. The molecule has 0 aliphatic rings. The third kappa shape index (κ3) is 2.29. The molecule has 2 aromatic heterocycles. The number of nitrogens with zero attached hydrogens (tertiary/aromatic N) is 2. The fourth-order valence-electron chi connectivity index (χ4n) is 1.47. The first-order valence-electron chi connectivity index (χ1n) is 5.02. The number of hydrogen-bond donors (Lipinski definition) is 0. The van der Waals surface area contributed by atoms with Crippen LogP contribution in [-0.2, 0) is 0 Å². The third-order valence-electron chi connectivity index (χ3n) is 2.36. The van der Waals surface area contributed by atoms with Crippen LogP contribution in [0.25, 0.3) is 11.7 Å². The fourth-order valence-corrected chi connectivity index (χ4v) is 2.03. The van der Waals surface area contributed by atoms with Crippen LogP contribution in [0.4, 0.5) is 0 Å². The number of halogens is 1. The van der Waals surface area contributed by atoms with Crippen LogP contribution in [0, 0.1) is 0 Å². The summed E-state index contributed by atoms with van der Waals surface area (Å²) in [6, 6.07) is 6.02. The lowest BCUT2D eigenvalue weighted by Gasteiger charge is -1.95. The monoisotopic (exact) mass is 264 g/mol. The van der Waals surface area contributed by atoms with Gasteiger partial charge >= 0.3 is 0 Å². The van der Waals surface area contributed by atoms with Crippen LogP contribution in [0.2, 0.25) is 0 Å². The van der Waals surface area contributed by atoms with Crippen molar-refractivity contribution in [3.8, 4) is 0 Å². The van der Waals surface area contributed by atoms with Crippen LogP contribution in [0.1, 0.15) is 19.0 Å². The van der Waals surface area contributed by atoms with Crippen molar-refractivity contribution in [1.82, 2.24) is 9.38 Å². The van der Waals surface area contributed by atoms with E-state index in [0.717, 1.165) is 23.1 Å². The Bertz CT molecular complexity index is 446. The molecule has 0 aliphatic carbocycles. The van der Waals surface area contributed by atoms with Gasteiger partial charge in [0, 0.05) is 17.7 Å². The van der Waals surface area contributed by atoms with Gasteiger partial charge in [0.25, 0.3) is 0 Å². The molecule has 0 N–H and O–H groups in total. The van der Waals surface area contributed by atoms with Crippen LogP contribution in [-0.4, -0.2) is 14.7 Å².